The van der Waals surface area contributed by atoms with E-state index in [1.165, 1.54) is 12.1 Å². The summed E-state index contributed by atoms with van der Waals surface area (Å²) in [4.78, 5) is 18.8. The molecule has 0 radical (unpaired) electrons. The molecule has 1 heterocycles. The summed E-state index contributed by atoms with van der Waals surface area (Å²) >= 11 is 0. The van der Waals surface area contributed by atoms with Crippen LogP contribution in [0.25, 0.3) is 22.5 Å². The van der Waals surface area contributed by atoms with Crippen molar-refractivity contribution < 1.29 is 9.66 Å². The van der Waals surface area contributed by atoms with Crippen LogP contribution in [0.4, 0.5) is 11.6 Å². The first-order chi connectivity index (χ1) is 11.6. The van der Waals surface area contributed by atoms with Crippen molar-refractivity contribution in [2.24, 2.45) is 0 Å². The van der Waals surface area contributed by atoms with E-state index in [0.717, 1.165) is 11.1 Å². The van der Waals surface area contributed by atoms with Crippen LogP contribution in [0.5, 0.6) is 5.75 Å². The molecule has 3 aromatic rings. The molecule has 0 saturated carbocycles. The molecular formula is C17H14N4O3. The molecule has 0 aliphatic rings. The average molecular weight is 322 g/mol. The first-order valence-corrected chi connectivity index (χ1v) is 7.10. The maximum Gasteiger partial charge on any atom is 0.269 e. The number of nitro benzene ring substituents is 1. The van der Waals surface area contributed by atoms with E-state index in [4.69, 9.17) is 10.5 Å². The Hall–Kier alpha value is -3.48. The summed E-state index contributed by atoms with van der Waals surface area (Å²) in [6.45, 7) is 0. The lowest BCUT2D eigenvalue weighted by molar-refractivity contribution is -0.384. The van der Waals surface area contributed by atoms with Crippen LogP contribution >= 0.6 is 0 Å². The quantitative estimate of drug-likeness (QED) is 0.583. The Kier molecular flexibility index (Phi) is 4.07. The van der Waals surface area contributed by atoms with Gasteiger partial charge >= 0.3 is 0 Å². The van der Waals surface area contributed by atoms with E-state index in [2.05, 4.69) is 9.97 Å². The normalized spacial score (nSPS) is 10.4. The molecule has 0 atom stereocenters. The highest BCUT2D eigenvalue weighted by molar-refractivity contribution is 5.70. The van der Waals surface area contributed by atoms with Crippen LogP contribution in [0.1, 0.15) is 0 Å². The predicted octanol–water partition coefficient (Wildman–Crippen LogP) is 3.31. The minimum Gasteiger partial charge on any atom is -0.497 e. The van der Waals surface area contributed by atoms with Gasteiger partial charge in [0.05, 0.1) is 23.4 Å². The Morgan fingerprint density at radius 1 is 1.00 bits per heavy atom. The number of ether oxygens (including phenoxy) is 1. The van der Waals surface area contributed by atoms with Crippen LogP contribution in [0.15, 0.2) is 54.6 Å². The Labute approximate surface area is 137 Å². The lowest BCUT2D eigenvalue weighted by Gasteiger charge is -2.07. The number of rotatable bonds is 4. The summed E-state index contributed by atoms with van der Waals surface area (Å²) in [5.74, 6) is 0.838. The van der Waals surface area contributed by atoms with Crippen LogP contribution in [0.2, 0.25) is 0 Å². The third-order valence-electron chi connectivity index (χ3n) is 3.48. The van der Waals surface area contributed by atoms with Gasteiger partial charge in [0.25, 0.3) is 5.69 Å². The van der Waals surface area contributed by atoms with E-state index in [1.807, 2.05) is 24.3 Å². The Bertz CT molecular complexity index is 895. The van der Waals surface area contributed by atoms with Crippen molar-refractivity contribution in [2.75, 3.05) is 12.8 Å². The largest absolute Gasteiger partial charge is 0.497 e. The van der Waals surface area contributed by atoms with Gasteiger partial charge in [0.15, 0.2) is 0 Å². The van der Waals surface area contributed by atoms with Gasteiger partial charge in [0.1, 0.15) is 5.75 Å². The average Bonchev–Trinajstić information content (AvgIpc) is 2.61. The topological polar surface area (TPSA) is 104 Å². The van der Waals surface area contributed by atoms with E-state index in [-0.39, 0.29) is 11.6 Å². The van der Waals surface area contributed by atoms with Crippen LogP contribution in [-0.2, 0) is 0 Å². The highest BCUT2D eigenvalue weighted by atomic mass is 16.6. The number of nitro groups is 1. The Morgan fingerprint density at radius 2 is 1.67 bits per heavy atom. The highest BCUT2D eigenvalue weighted by Gasteiger charge is 2.10. The molecule has 2 N–H and O–H groups in total. The first-order valence-electron chi connectivity index (χ1n) is 7.10. The van der Waals surface area contributed by atoms with Gasteiger partial charge in [0.2, 0.25) is 5.95 Å². The fourth-order valence-electron chi connectivity index (χ4n) is 2.30. The van der Waals surface area contributed by atoms with Gasteiger partial charge < -0.3 is 10.5 Å². The molecule has 0 aliphatic heterocycles. The second-order valence-corrected chi connectivity index (χ2v) is 5.03. The van der Waals surface area contributed by atoms with Crippen LogP contribution in [0, 0.1) is 10.1 Å². The van der Waals surface area contributed by atoms with E-state index < -0.39 is 4.92 Å². The molecule has 7 nitrogen and oxygen atoms in total. The van der Waals surface area contributed by atoms with Gasteiger partial charge in [-0.15, -0.1) is 0 Å². The zero-order valence-electron chi connectivity index (χ0n) is 12.8. The smallest absolute Gasteiger partial charge is 0.269 e. The molecule has 0 spiro atoms. The minimum atomic E-state index is -0.445. The first kappa shape index (κ1) is 15.4. The maximum absolute atomic E-state index is 10.8. The van der Waals surface area contributed by atoms with Crippen molar-refractivity contribution in [1.82, 2.24) is 9.97 Å². The number of methoxy groups -OCH3 is 1. The van der Waals surface area contributed by atoms with Gasteiger partial charge in [-0.25, -0.2) is 9.97 Å². The van der Waals surface area contributed by atoms with Crippen molar-refractivity contribution in [3.05, 3.63) is 64.7 Å². The second-order valence-electron chi connectivity index (χ2n) is 5.03. The third-order valence-corrected chi connectivity index (χ3v) is 3.48. The van der Waals surface area contributed by atoms with Gasteiger partial charge in [-0.1, -0.05) is 12.1 Å². The molecule has 7 heteroatoms. The molecule has 3 rings (SSSR count). The molecule has 0 aliphatic carbocycles. The molecule has 0 saturated heterocycles. The summed E-state index contributed by atoms with van der Waals surface area (Å²) in [7, 11) is 1.59. The minimum absolute atomic E-state index is 0.0220. The summed E-state index contributed by atoms with van der Waals surface area (Å²) in [5, 5.41) is 10.8. The molecule has 0 fully saturated rings. The zero-order chi connectivity index (χ0) is 17.1. The van der Waals surface area contributed by atoms with Crippen LogP contribution in [-0.4, -0.2) is 22.0 Å². The predicted molar refractivity (Wildman–Crippen MR) is 90.5 cm³/mol. The van der Waals surface area contributed by atoms with Gasteiger partial charge in [-0.3, -0.25) is 10.1 Å². The van der Waals surface area contributed by atoms with Crippen molar-refractivity contribution in [1.29, 1.82) is 0 Å². The molecule has 0 amide bonds. The van der Waals surface area contributed by atoms with E-state index >= 15 is 0 Å². The van der Waals surface area contributed by atoms with Crippen LogP contribution in [0.3, 0.4) is 0 Å². The fourth-order valence-corrected chi connectivity index (χ4v) is 2.30. The number of benzene rings is 2. The summed E-state index contributed by atoms with van der Waals surface area (Å²) in [6.07, 6.45) is 0. The number of nitrogens with two attached hydrogens (primary N) is 1. The lowest BCUT2D eigenvalue weighted by atomic mass is 10.1. The maximum atomic E-state index is 10.8. The molecule has 24 heavy (non-hydrogen) atoms. The summed E-state index contributed by atoms with van der Waals surface area (Å²) < 4.78 is 5.22. The van der Waals surface area contributed by atoms with Gasteiger partial charge in [-0.2, -0.15) is 0 Å². The van der Waals surface area contributed by atoms with Gasteiger partial charge in [0, 0.05) is 23.3 Å². The number of hydrogen-bond donors (Lipinski definition) is 1. The van der Waals surface area contributed by atoms with E-state index in [9.17, 15) is 10.1 Å². The van der Waals surface area contributed by atoms with Crippen molar-refractivity contribution in [3.8, 4) is 28.3 Å². The van der Waals surface area contributed by atoms with E-state index in [1.54, 1.807) is 25.3 Å². The number of aromatic nitrogens is 2. The Morgan fingerprint density at radius 3 is 2.29 bits per heavy atom. The number of nitrogen functional groups attached to an aromatic ring is 1. The fraction of sp³-hybridized carbons (Fsp3) is 0.0588. The molecule has 1 aromatic heterocycles. The molecule has 2 aromatic carbocycles. The number of non-ortho nitro benzene ring substituents is 1. The van der Waals surface area contributed by atoms with Crippen LogP contribution < -0.4 is 10.5 Å². The molecule has 120 valence electrons. The number of nitrogens with zero attached hydrogens (tertiary/aromatic N) is 3. The molecular weight excluding hydrogens is 308 g/mol. The lowest BCUT2D eigenvalue weighted by Crippen LogP contribution is -1.99. The molecule has 0 unspecified atom stereocenters. The monoisotopic (exact) mass is 322 g/mol. The van der Waals surface area contributed by atoms with Crippen molar-refractivity contribution >= 4 is 11.6 Å². The SMILES string of the molecule is COc1cccc(-c2cc(-c3ccc([N+](=O)[O-])cc3)nc(N)n2)c1. The third kappa shape index (κ3) is 3.14. The summed E-state index contributed by atoms with van der Waals surface area (Å²) in [5.41, 5.74) is 8.64. The Balaban J connectivity index is 2.04. The second kappa shape index (κ2) is 6.33. The number of hydrogen-bond acceptors (Lipinski definition) is 6. The molecule has 0 bridgehead atoms. The highest BCUT2D eigenvalue weighted by Crippen LogP contribution is 2.27. The van der Waals surface area contributed by atoms with Crippen molar-refractivity contribution in [3.63, 3.8) is 0 Å². The van der Waals surface area contributed by atoms with E-state index in [0.29, 0.717) is 17.1 Å². The summed E-state index contributed by atoms with van der Waals surface area (Å²) in [6, 6.07) is 15.4. The van der Waals surface area contributed by atoms with Gasteiger partial charge in [-0.05, 0) is 30.3 Å². The number of anilines is 1. The standard InChI is InChI=1S/C17H14N4O3/c1-24-14-4-2-3-12(9-14)16-10-15(19-17(18)20-16)11-5-7-13(8-6-11)21(22)23/h2-10H,1H3,(H2,18,19,20). The van der Waals surface area contributed by atoms with Crippen molar-refractivity contribution in [2.45, 2.75) is 0 Å². The zero-order valence-corrected chi connectivity index (χ0v) is 12.8.